The number of aromatic nitrogens is 2. The van der Waals surface area contributed by atoms with Crippen LogP contribution in [0.25, 0.3) is 0 Å². The second kappa shape index (κ2) is 6.50. The van der Waals surface area contributed by atoms with Crippen LogP contribution in [0.4, 0.5) is 5.13 Å². The van der Waals surface area contributed by atoms with Crippen LogP contribution in [0.3, 0.4) is 0 Å². The second-order valence-corrected chi connectivity index (χ2v) is 8.09. The second-order valence-electron chi connectivity index (χ2n) is 7.36. The number of hydrogen-bond donors (Lipinski definition) is 1. The Morgan fingerprint density at radius 3 is 2.58 bits per heavy atom. The van der Waals surface area contributed by atoms with Gasteiger partial charge in [0.25, 0.3) is 0 Å². The Balaban J connectivity index is 1.29. The number of anilines is 1. The van der Waals surface area contributed by atoms with Crippen LogP contribution in [0.2, 0.25) is 0 Å². The summed E-state index contributed by atoms with van der Waals surface area (Å²) in [5, 5.41) is 4.73. The van der Waals surface area contributed by atoms with E-state index < -0.39 is 0 Å². The lowest BCUT2D eigenvalue weighted by molar-refractivity contribution is 0.359. The molecule has 0 unspecified atom stereocenters. The molecule has 0 atom stereocenters. The third kappa shape index (κ3) is 3.23. The smallest absolute Gasteiger partial charge is 0.205 e. The van der Waals surface area contributed by atoms with Gasteiger partial charge in [-0.1, -0.05) is 6.92 Å². The minimum Gasteiger partial charge on any atom is -0.356 e. The SMILES string of the molecule is CCc1nsc(N2CCN(C(=NC)NCC3(C4CC4)CC3)CC2)n1. The van der Waals surface area contributed by atoms with Gasteiger partial charge in [-0.15, -0.1) is 0 Å². The van der Waals surface area contributed by atoms with Crippen molar-refractivity contribution in [3.8, 4) is 0 Å². The maximum atomic E-state index is 4.61. The zero-order chi connectivity index (χ0) is 16.6. The predicted molar refractivity (Wildman–Crippen MR) is 98.8 cm³/mol. The molecule has 2 saturated carbocycles. The van der Waals surface area contributed by atoms with E-state index in [-0.39, 0.29) is 0 Å². The minimum absolute atomic E-state index is 0.612. The molecule has 0 aromatic carbocycles. The van der Waals surface area contributed by atoms with Crippen LogP contribution < -0.4 is 10.2 Å². The zero-order valence-corrected chi connectivity index (χ0v) is 15.6. The van der Waals surface area contributed by atoms with E-state index in [4.69, 9.17) is 0 Å². The molecular weight excluding hydrogens is 320 g/mol. The number of nitrogens with zero attached hydrogens (tertiary/aromatic N) is 5. The van der Waals surface area contributed by atoms with Gasteiger partial charge in [-0.2, -0.15) is 4.37 Å². The fourth-order valence-corrected chi connectivity index (χ4v) is 4.60. The van der Waals surface area contributed by atoms with Crippen molar-refractivity contribution < 1.29 is 0 Å². The molecular formula is C17H28N6S. The van der Waals surface area contributed by atoms with Crippen molar-refractivity contribution in [1.29, 1.82) is 0 Å². The Hall–Kier alpha value is -1.37. The molecule has 1 aromatic rings. The number of guanidine groups is 1. The zero-order valence-electron chi connectivity index (χ0n) is 14.8. The average molecular weight is 349 g/mol. The fourth-order valence-electron chi connectivity index (χ4n) is 3.80. The molecule has 1 N–H and O–H groups in total. The van der Waals surface area contributed by atoms with E-state index in [0.717, 1.165) is 62.0 Å². The van der Waals surface area contributed by atoms with Gasteiger partial charge in [0.15, 0.2) is 5.96 Å². The molecule has 6 nitrogen and oxygen atoms in total. The molecule has 3 fully saturated rings. The molecule has 1 aliphatic heterocycles. The van der Waals surface area contributed by atoms with Crippen LogP contribution in [0.1, 0.15) is 38.4 Å². The summed E-state index contributed by atoms with van der Waals surface area (Å²) < 4.78 is 4.41. The van der Waals surface area contributed by atoms with Crippen molar-refractivity contribution in [3.63, 3.8) is 0 Å². The van der Waals surface area contributed by atoms with Crippen molar-refractivity contribution in [3.05, 3.63) is 5.82 Å². The van der Waals surface area contributed by atoms with Gasteiger partial charge in [0.05, 0.1) is 0 Å². The van der Waals surface area contributed by atoms with Gasteiger partial charge in [0.1, 0.15) is 5.82 Å². The fraction of sp³-hybridized carbons (Fsp3) is 0.824. The molecule has 1 saturated heterocycles. The number of rotatable bonds is 5. The van der Waals surface area contributed by atoms with Crippen LogP contribution in [0, 0.1) is 11.3 Å². The number of piperazine rings is 1. The lowest BCUT2D eigenvalue weighted by Gasteiger charge is -2.36. The first-order valence-corrected chi connectivity index (χ1v) is 10.0. The third-order valence-electron chi connectivity index (χ3n) is 5.77. The molecule has 7 heteroatoms. The van der Waals surface area contributed by atoms with E-state index in [1.807, 2.05) is 7.05 Å². The molecule has 24 heavy (non-hydrogen) atoms. The molecule has 0 amide bonds. The van der Waals surface area contributed by atoms with Gasteiger partial charge in [0, 0.05) is 57.7 Å². The summed E-state index contributed by atoms with van der Waals surface area (Å²) in [5.74, 6) is 3.03. The summed E-state index contributed by atoms with van der Waals surface area (Å²) in [4.78, 5) is 13.9. The summed E-state index contributed by atoms with van der Waals surface area (Å²) >= 11 is 1.53. The Kier molecular flexibility index (Phi) is 4.37. The quantitative estimate of drug-likeness (QED) is 0.651. The van der Waals surface area contributed by atoms with Crippen molar-refractivity contribution in [2.24, 2.45) is 16.3 Å². The van der Waals surface area contributed by atoms with Gasteiger partial charge < -0.3 is 15.1 Å². The van der Waals surface area contributed by atoms with E-state index in [9.17, 15) is 0 Å². The molecule has 0 radical (unpaired) electrons. The molecule has 132 valence electrons. The molecule has 2 heterocycles. The topological polar surface area (TPSA) is 56.7 Å². The average Bonchev–Trinajstić information content (AvgIpc) is 3.54. The highest BCUT2D eigenvalue weighted by Gasteiger charge is 2.53. The maximum Gasteiger partial charge on any atom is 0.205 e. The van der Waals surface area contributed by atoms with E-state index in [2.05, 4.69) is 36.4 Å². The van der Waals surface area contributed by atoms with Crippen LogP contribution in [-0.4, -0.2) is 60.0 Å². The number of hydrogen-bond acceptors (Lipinski definition) is 5. The Bertz CT molecular complexity index is 596. The number of nitrogens with one attached hydrogen (secondary N) is 1. The highest BCUT2D eigenvalue weighted by Crippen LogP contribution is 2.60. The first-order chi connectivity index (χ1) is 11.7. The van der Waals surface area contributed by atoms with Crippen LogP contribution >= 0.6 is 11.5 Å². The van der Waals surface area contributed by atoms with Crippen molar-refractivity contribution in [2.75, 3.05) is 44.7 Å². The minimum atomic E-state index is 0.612. The monoisotopic (exact) mass is 348 g/mol. The normalized spacial score (nSPS) is 23.5. The van der Waals surface area contributed by atoms with Crippen LogP contribution in [-0.2, 0) is 6.42 Å². The largest absolute Gasteiger partial charge is 0.356 e. The molecule has 2 aliphatic carbocycles. The van der Waals surface area contributed by atoms with Gasteiger partial charge >= 0.3 is 0 Å². The van der Waals surface area contributed by atoms with E-state index >= 15 is 0 Å². The van der Waals surface area contributed by atoms with Crippen LogP contribution in [0.5, 0.6) is 0 Å². The van der Waals surface area contributed by atoms with Gasteiger partial charge in [-0.05, 0) is 37.0 Å². The summed E-state index contributed by atoms with van der Waals surface area (Å²) in [7, 11) is 1.91. The van der Waals surface area contributed by atoms with Gasteiger partial charge in [0.2, 0.25) is 5.13 Å². The standard InChI is InChI=1S/C17H28N6S/c1-3-14-20-16(24-21-14)23-10-8-22(9-11-23)15(18-2)19-12-17(6-7-17)13-4-5-13/h13H,3-12H2,1-2H3,(H,18,19). The molecule has 4 rings (SSSR count). The Morgan fingerprint density at radius 2 is 2.04 bits per heavy atom. The highest BCUT2D eigenvalue weighted by molar-refractivity contribution is 7.09. The lowest BCUT2D eigenvalue weighted by Crippen LogP contribution is -2.53. The predicted octanol–water partition coefficient (Wildman–Crippen LogP) is 1.99. The summed E-state index contributed by atoms with van der Waals surface area (Å²) in [5.41, 5.74) is 0.612. The van der Waals surface area contributed by atoms with Crippen molar-refractivity contribution >= 4 is 22.6 Å². The van der Waals surface area contributed by atoms with Gasteiger partial charge in [-0.25, -0.2) is 4.98 Å². The maximum absolute atomic E-state index is 4.61. The van der Waals surface area contributed by atoms with E-state index in [1.165, 1.54) is 37.2 Å². The Labute approximate surface area is 148 Å². The Morgan fingerprint density at radius 1 is 1.29 bits per heavy atom. The number of aryl methyl sites for hydroxylation is 1. The summed E-state index contributed by atoms with van der Waals surface area (Å²) in [6, 6.07) is 0. The summed E-state index contributed by atoms with van der Waals surface area (Å²) in [6.07, 6.45) is 6.62. The lowest BCUT2D eigenvalue weighted by atomic mass is 10.0. The van der Waals surface area contributed by atoms with E-state index in [0.29, 0.717) is 5.41 Å². The molecule has 3 aliphatic rings. The van der Waals surface area contributed by atoms with E-state index in [1.54, 1.807) is 0 Å². The molecule has 1 aromatic heterocycles. The van der Waals surface area contributed by atoms with Crippen molar-refractivity contribution in [1.82, 2.24) is 19.6 Å². The highest BCUT2D eigenvalue weighted by atomic mass is 32.1. The van der Waals surface area contributed by atoms with Gasteiger partial charge in [-0.3, -0.25) is 4.99 Å². The molecule has 0 spiro atoms. The summed E-state index contributed by atoms with van der Waals surface area (Å²) in [6.45, 7) is 7.20. The first-order valence-electron chi connectivity index (χ1n) is 9.27. The third-order valence-corrected chi connectivity index (χ3v) is 6.58. The van der Waals surface area contributed by atoms with Crippen LogP contribution in [0.15, 0.2) is 4.99 Å². The number of aliphatic imine (C=N–C) groups is 1. The first kappa shape index (κ1) is 16.1. The van der Waals surface area contributed by atoms with Crippen molar-refractivity contribution in [2.45, 2.75) is 39.0 Å². The molecule has 0 bridgehead atoms.